The standard InChI is InChI=1S/C14H14F14O3/c1-2-3-4-5-6-29-10(19,20)9(18)31-14(27,28)12(23,24)11(21,22)13(25,26)30-8(17)7(15)16/h9H,2-6H2,1H3. The number of halogens is 14. The molecule has 0 bridgehead atoms. The minimum Gasteiger partial charge on any atom is -0.397 e. The molecule has 0 aliphatic carbocycles. The number of alkyl halides is 11. The second-order valence-corrected chi connectivity index (χ2v) is 5.72. The molecule has 0 saturated carbocycles. The minimum absolute atomic E-state index is 0.186. The van der Waals surface area contributed by atoms with E-state index < -0.39 is 55.2 Å². The lowest BCUT2D eigenvalue weighted by molar-refractivity contribution is -0.484. The predicted octanol–water partition coefficient (Wildman–Crippen LogP) is 7.00. The molecule has 0 amide bonds. The summed E-state index contributed by atoms with van der Waals surface area (Å²) in [5, 5.41) is 0. The minimum atomic E-state index is -7.59. The maximum absolute atomic E-state index is 13.3. The Balaban J connectivity index is 5.50. The number of hydrogen-bond donors (Lipinski definition) is 0. The Morgan fingerprint density at radius 1 is 0.742 bits per heavy atom. The molecule has 1 atom stereocenters. The molecular weight excluding hydrogens is 482 g/mol. The van der Waals surface area contributed by atoms with Crippen molar-refractivity contribution in [3.63, 3.8) is 0 Å². The van der Waals surface area contributed by atoms with Gasteiger partial charge in [0, 0.05) is 0 Å². The smallest absolute Gasteiger partial charge is 0.397 e. The second-order valence-electron chi connectivity index (χ2n) is 5.72. The molecule has 0 N–H and O–H groups in total. The first-order chi connectivity index (χ1) is 13.8. The zero-order valence-corrected chi connectivity index (χ0v) is 15.1. The van der Waals surface area contributed by atoms with Crippen molar-refractivity contribution in [1.29, 1.82) is 0 Å². The van der Waals surface area contributed by atoms with Gasteiger partial charge < -0.3 is 9.47 Å². The highest BCUT2D eigenvalue weighted by Gasteiger charge is 2.84. The Morgan fingerprint density at radius 2 is 1.23 bits per heavy atom. The van der Waals surface area contributed by atoms with Gasteiger partial charge in [0.1, 0.15) is 0 Å². The largest absolute Gasteiger partial charge is 0.473 e. The van der Waals surface area contributed by atoms with Crippen molar-refractivity contribution >= 4 is 0 Å². The predicted molar refractivity (Wildman–Crippen MR) is 72.2 cm³/mol. The quantitative estimate of drug-likeness (QED) is 0.147. The van der Waals surface area contributed by atoms with Crippen LogP contribution in [0, 0.1) is 0 Å². The van der Waals surface area contributed by atoms with Crippen molar-refractivity contribution in [1.82, 2.24) is 0 Å². The summed E-state index contributed by atoms with van der Waals surface area (Å²) in [5.41, 5.74) is 0. The van der Waals surface area contributed by atoms with Gasteiger partial charge in [0.2, 0.25) is 0 Å². The van der Waals surface area contributed by atoms with Crippen LogP contribution in [0.5, 0.6) is 0 Å². The Kier molecular flexibility index (Phi) is 9.89. The van der Waals surface area contributed by atoms with E-state index in [0.717, 1.165) is 0 Å². The third kappa shape index (κ3) is 6.98. The molecule has 17 heteroatoms. The van der Waals surface area contributed by atoms with Crippen molar-refractivity contribution in [2.24, 2.45) is 0 Å². The maximum atomic E-state index is 13.3. The van der Waals surface area contributed by atoms with Crippen LogP contribution in [0.15, 0.2) is 12.1 Å². The molecule has 0 radical (unpaired) electrons. The van der Waals surface area contributed by atoms with Gasteiger partial charge in [-0.3, -0.25) is 4.74 Å². The van der Waals surface area contributed by atoms with Gasteiger partial charge in [-0.15, -0.1) is 0 Å². The Labute approximate surface area is 164 Å². The highest BCUT2D eigenvalue weighted by molar-refractivity contribution is 4.99. The first kappa shape index (κ1) is 29.5. The monoisotopic (exact) mass is 496 g/mol. The van der Waals surface area contributed by atoms with E-state index in [-0.39, 0.29) is 12.8 Å². The molecule has 0 aliphatic rings. The van der Waals surface area contributed by atoms with E-state index in [1.54, 1.807) is 6.92 Å². The molecular formula is C14H14F14O3. The summed E-state index contributed by atoms with van der Waals surface area (Å²) in [7, 11) is 0. The van der Waals surface area contributed by atoms with Crippen LogP contribution in [0.3, 0.4) is 0 Å². The molecule has 0 saturated heterocycles. The molecule has 31 heavy (non-hydrogen) atoms. The van der Waals surface area contributed by atoms with Gasteiger partial charge in [-0.25, -0.2) is 4.39 Å². The van der Waals surface area contributed by atoms with Crippen molar-refractivity contribution in [3.8, 4) is 0 Å². The van der Waals surface area contributed by atoms with E-state index >= 15 is 0 Å². The third-order valence-electron chi connectivity index (χ3n) is 3.30. The maximum Gasteiger partial charge on any atom is 0.473 e. The van der Waals surface area contributed by atoms with E-state index in [1.807, 2.05) is 4.74 Å². The summed E-state index contributed by atoms with van der Waals surface area (Å²) in [6.45, 7) is 0.688. The number of hydrogen-bond acceptors (Lipinski definition) is 3. The highest BCUT2D eigenvalue weighted by Crippen LogP contribution is 2.54. The number of ether oxygens (including phenoxy) is 3. The van der Waals surface area contributed by atoms with E-state index in [0.29, 0.717) is 12.8 Å². The third-order valence-corrected chi connectivity index (χ3v) is 3.30. The Hall–Kier alpha value is -1.52. The number of unbranched alkanes of at least 4 members (excludes halogenated alkanes) is 3. The van der Waals surface area contributed by atoms with E-state index in [9.17, 15) is 61.5 Å². The summed E-state index contributed by atoms with van der Waals surface area (Å²) in [5.74, 6) is -15.2. The van der Waals surface area contributed by atoms with Crippen LogP contribution in [0.4, 0.5) is 61.5 Å². The number of rotatable bonds is 14. The summed E-state index contributed by atoms with van der Waals surface area (Å²) < 4.78 is 188. The Morgan fingerprint density at radius 3 is 1.68 bits per heavy atom. The molecule has 3 nitrogen and oxygen atoms in total. The first-order valence-corrected chi connectivity index (χ1v) is 8.01. The van der Waals surface area contributed by atoms with Gasteiger partial charge in [0.05, 0.1) is 6.61 Å². The fourth-order valence-electron chi connectivity index (χ4n) is 1.66. The summed E-state index contributed by atoms with van der Waals surface area (Å²) in [4.78, 5) is 0. The zero-order valence-electron chi connectivity index (χ0n) is 15.1. The molecule has 1 unspecified atom stereocenters. The summed E-state index contributed by atoms with van der Waals surface area (Å²) in [6.07, 6.45) is -27.2. The molecule has 0 rings (SSSR count). The average Bonchev–Trinajstić information content (AvgIpc) is 2.60. The lowest BCUT2D eigenvalue weighted by Crippen LogP contribution is -2.64. The van der Waals surface area contributed by atoms with Gasteiger partial charge in [-0.05, 0) is 6.42 Å². The molecule has 0 aromatic rings. The van der Waals surface area contributed by atoms with Crippen molar-refractivity contribution in [3.05, 3.63) is 12.1 Å². The van der Waals surface area contributed by atoms with Crippen LogP contribution in [0.25, 0.3) is 0 Å². The Bertz CT molecular complexity index is 603. The van der Waals surface area contributed by atoms with Crippen LogP contribution >= 0.6 is 0 Å². The molecule has 186 valence electrons. The molecule has 0 aromatic heterocycles. The van der Waals surface area contributed by atoms with Crippen molar-refractivity contribution in [2.45, 2.75) is 69.1 Å². The van der Waals surface area contributed by atoms with Crippen LogP contribution in [0.1, 0.15) is 32.6 Å². The van der Waals surface area contributed by atoms with E-state index in [2.05, 4.69) is 9.47 Å². The lowest BCUT2D eigenvalue weighted by Gasteiger charge is -2.36. The molecule has 0 aliphatic heterocycles. The van der Waals surface area contributed by atoms with Gasteiger partial charge in [-0.2, -0.15) is 57.1 Å². The zero-order chi connectivity index (χ0) is 24.9. The lowest BCUT2D eigenvalue weighted by atomic mass is 10.1. The SMILES string of the molecule is CCCCCCOC(F)(F)C(F)OC(F)(F)C(F)(F)C(F)(F)C(F)(F)OC(F)=C(F)F. The van der Waals surface area contributed by atoms with Gasteiger partial charge in [-0.1, -0.05) is 26.2 Å². The summed E-state index contributed by atoms with van der Waals surface area (Å²) >= 11 is 0. The van der Waals surface area contributed by atoms with Gasteiger partial charge in [0.15, 0.2) is 0 Å². The average molecular weight is 496 g/mol. The molecule has 0 heterocycles. The van der Waals surface area contributed by atoms with E-state index in [4.69, 9.17) is 0 Å². The summed E-state index contributed by atoms with van der Waals surface area (Å²) in [6, 6.07) is -3.84. The normalized spacial score (nSPS) is 15.1. The van der Waals surface area contributed by atoms with E-state index in [1.165, 1.54) is 0 Å². The van der Waals surface area contributed by atoms with Crippen molar-refractivity contribution in [2.75, 3.05) is 6.61 Å². The molecule has 0 spiro atoms. The van der Waals surface area contributed by atoms with Gasteiger partial charge >= 0.3 is 42.3 Å². The topological polar surface area (TPSA) is 27.7 Å². The highest BCUT2D eigenvalue weighted by atomic mass is 19.4. The molecule has 0 fully saturated rings. The second kappa shape index (κ2) is 10.4. The first-order valence-electron chi connectivity index (χ1n) is 8.01. The molecule has 0 aromatic carbocycles. The van der Waals surface area contributed by atoms with Crippen LogP contribution in [-0.4, -0.2) is 43.1 Å². The van der Waals surface area contributed by atoms with Gasteiger partial charge in [0.25, 0.3) is 6.36 Å². The van der Waals surface area contributed by atoms with Crippen LogP contribution in [-0.2, 0) is 14.2 Å². The van der Waals surface area contributed by atoms with Crippen LogP contribution in [0.2, 0.25) is 0 Å². The fourth-order valence-corrected chi connectivity index (χ4v) is 1.66. The van der Waals surface area contributed by atoms with Crippen molar-refractivity contribution < 1.29 is 75.7 Å². The van der Waals surface area contributed by atoms with Crippen LogP contribution < -0.4 is 0 Å². The fraction of sp³-hybridized carbons (Fsp3) is 0.857.